The third kappa shape index (κ3) is 7.13. The van der Waals surface area contributed by atoms with Crippen LogP contribution in [0.5, 0.6) is 5.75 Å². The van der Waals surface area contributed by atoms with Gasteiger partial charge in [0.1, 0.15) is 18.0 Å². The van der Waals surface area contributed by atoms with Gasteiger partial charge in [-0.3, -0.25) is 0 Å². The second kappa shape index (κ2) is 11.6. The molecule has 5 rings (SSSR count). The highest BCUT2D eigenvalue weighted by molar-refractivity contribution is 5.86. The van der Waals surface area contributed by atoms with Gasteiger partial charge in [0.2, 0.25) is 0 Å². The monoisotopic (exact) mass is 552 g/mol. The fourth-order valence-corrected chi connectivity index (χ4v) is 5.59. The van der Waals surface area contributed by atoms with E-state index in [0.29, 0.717) is 25.6 Å². The van der Waals surface area contributed by atoms with Gasteiger partial charge in [-0.25, -0.2) is 4.79 Å². The molecule has 1 aliphatic rings. The van der Waals surface area contributed by atoms with Crippen LogP contribution < -0.4 is 4.74 Å². The van der Waals surface area contributed by atoms with E-state index in [2.05, 4.69) is 86.1 Å². The van der Waals surface area contributed by atoms with Crippen molar-refractivity contribution in [3.8, 4) is 5.75 Å². The van der Waals surface area contributed by atoms with E-state index in [9.17, 15) is 4.79 Å². The molecule has 0 saturated carbocycles. The van der Waals surface area contributed by atoms with E-state index < -0.39 is 5.60 Å². The molecule has 5 heteroatoms. The summed E-state index contributed by atoms with van der Waals surface area (Å²) in [5, 5.41) is 1.26. The number of likely N-dealkylation sites (tertiary alicyclic amines) is 1. The Balaban J connectivity index is 1.40. The Labute approximate surface area is 245 Å². The number of benzene rings is 3. The van der Waals surface area contributed by atoms with Gasteiger partial charge in [0.15, 0.2) is 0 Å². The maximum atomic E-state index is 12.6. The maximum absolute atomic E-state index is 12.6. The van der Waals surface area contributed by atoms with Gasteiger partial charge in [-0.15, -0.1) is 0 Å². The predicted molar refractivity (Wildman–Crippen MR) is 167 cm³/mol. The van der Waals surface area contributed by atoms with Gasteiger partial charge < -0.3 is 18.9 Å². The number of amides is 1. The molecule has 0 spiro atoms. The molecule has 216 valence electrons. The molecule has 41 heavy (non-hydrogen) atoms. The van der Waals surface area contributed by atoms with Crippen molar-refractivity contribution < 1.29 is 14.3 Å². The van der Waals surface area contributed by atoms with Gasteiger partial charge in [-0.1, -0.05) is 75.4 Å². The van der Waals surface area contributed by atoms with Gasteiger partial charge in [0.25, 0.3) is 0 Å². The molecule has 5 nitrogen and oxygen atoms in total. The molecular weight excluding hydrogens is 508 g/mol. The van der Waals surface area contributed by atoms with E-state index in [1.165, 1.54) is 27.6 Å². The highest BCUT2D eigenvalue weighted by Gasteiger charge is 2.29. The summed E-state index contributed by atoms with van der Waals surface area (Å²) in [6, 6.07) is 25.8. The van der Waals surface area contributed by atoms with Crippen molar-refractivity contribution in [2.24, 2.45) is 0 Å². The Morgan fingerprint density at radius 3 is 2.17 bits per heavy atom. The zero-order valence-electron chi connectivity index (χ0n) is 25.4. The summed E-state index contributed by atoms with van der Waals surface area (Å²) in [5.74, 6) is 1.26. The summed E-state index contributed by atoms with van der Waals surface area (Å²) < 4.78 is 14.2. The normalized spacial score (nSPS) is 14.8. The predicted octanol–water partition coefficient (Wildman–Crippen LogP) is 8.68. The van der Waals surface area contributed by atoms with Crippen molar-refractivity contribution in [3.05, 3.63) is 101 Å². The average Bonchev–Trinajstić information content (AvgIpc) is 3.29. The van der Waals surface area contributed by atoms with Crippen molar-refractivity contribution >= 4 is 17.0 Å². The molecule has 1 aromatic heterocycles. The van der Waals surface area contributed by atoms with E-state index in [1.807, 2.05) is 43.9 Å². The molecule has 0 atom stereocenters. The van der Waals surface area contributed by atoms with Crippen LogP contribution in [0.25, 0.3) is 10.9 Å². The maximum Gasteiger partial charge on any atom is 0.410 e. The minimum absolute atomic E-state index is 0.130. The Morgan fingerprint density at radius 2 is 1.54 bits per heavy atom. The van der Waals surface area contributed by atoms with Crippen molar-refractivity contribution in [3.63, 3.8) is 0 Å². The molecule has 1 amide bonds. The molecule has 0 N–H and O–H groups in total. The van der Waals surface area contributed by atoms with Crippen LogP contribution in [0.1, 0.15) is 82.6 Å². The Hall–Kier alpha value is -3.73. The summed E-state index contributed by atoms with van der Waals surface area (Å²) in [4.78, 5) is 14.5. The Morgan fingerprint density at radius 1 is 0.854 bits per heavy atom. The summed E-state index contributed by atoms with van der Waals surface area (Å²) in [5.41, 5.74) is 5.95. The number of hydrogen-bond donors (Lipinski definition) is 0. The first kappa shape index (κ1) is 28.8. The lowest BCUT2D eigenvalue weighted by Gasteiger charge is -2.33. The van der Waals surface area contributed by atoms with Gasteiger partial charge in [-0.2, -0.15) is 0 Å². The van der Waals surface area contributed by atoms with Gasteiger partial charge in [-0.05, 0) is 79.3 Å². The van der Waals surface area contributed by atoms with Gasteiger partial charge >= 0.3 is 6.09 Å². The second-order valence-corrected chi connectivity index (χ2v) is 13.4. The van der Waals surface area contributed by atoms with Crippen LogP contribution in [0.2, 0.25) is 0 Å². The van der Waals surface area contributed by atoms with Crippen LogP contribution in [0.15, 0.2) is 79.0 Å². The topological polar surface area (TPSA) is 43.7 Å². The van der Waals surface area contributed by atoms with Crippen LogP contribution in [0.4, 0.5) is 4.79 Å². The molecule has 1 saturated heterocycles. The van der Waals surface area contributed by atoms with Gasteiger partial charge in [0, 0.05) is 37.3 Å². The quantitative estimate of drug-likeness (QED) is 0.240. The van der Waals surface area contributed by atoms with Crippen molar-refractivity contribution in [2.45, 2.75) is 84.5 Å². The Kier molecular flexibility index (Phi) is 8.17. The van der Waals surface area contributed by atoms with Crippen molar-refractivity contribution in [1.82, 2.24) is 9.47 Å². The molecule has 0 unspecified atom stereocenters. The third-order valence-electron chi connectivity index (χ3n) is 7.89. The van der Waals surface area contributed by atoms with E-state index in [1.54, 1.807) is 0 Å². The molecule has 2 heterocycles. The van der Waals surface area contributed by atoms with Crippen molar-refractivity contribution in [2.75, 3.05) is 13.1 Å². The average molecular weight is 553 g/mol. The number of carbonyl (C=O) groups is 1. The first-order chi connectivity index (χ1) is 19.5. The Bertz CT molecular complexity index is 1470. The molecule has 0 bridgehead atoms. The molecule has 1 aliphatic heterocycles. The SMILES string of the molecule is CC(C)(C)OC(=O)N1CCC(c2cn(Cc3ccc(C(C)(C)C)cc3)c3cc(OCc4ccccc4)ccc23)CC1. The van der Waals surface area contributed by atoms with E-state index in [4.69, 9.17) is 9.47 Å². The fraction of sp³-hybridized carbons (Fsp3) is 0.417. The lowest BCUT2D eigenvalue weighted by molar-refractivity contribution is 0.0205. The lowest BCUT2D eigenvalue weighted by Crippen LogP contribution is -2.41. The first-order valence-corrected chi connectivity index (χ1v) is 14.8. The van der Waals surface area contributed by atoms with Crippen LogP contribution >= 0.6 is 0 Å². The minimum atomic E-state index is -0.479. The lowest BCUT2D eigenvalue weighted by atomic mass is 9.87. The molecule has 0 radical (unpaired) electrons. The van der Waals surface area contributed by atoms with E-state index in [0.717, 1.165) is 30.7 Å². The zero-order valence-corrected chi connectivity index (χ0v) is 25.4. The third-order valence-corrected chi connectivity index (χ3v) is 7.89. The number of rotatable bonds is 6. The molecule has 4 aromatic rings. The molecular formula is C36H44N2O3. The summed E-state index contributed by atoms with van der Waals surface area (Å²) in [6.45, 7) is 15.2. The highest BCUT2D eigenvalue weighted by atomic mass is 16.6. The summed E-state index contributed by atoms with van der Waals surface area (Å²) in [7, 11) is 0. The fourth-order valence-electron chi connectivity index (χ4n) is 5.59. The number of nitrogens with zero attached hydrogens (tertiary/aromatic N) is 2. The summed E-state index contributed by atoms with van der Waals surface area (Å²) in [6.07, 6.45) is 3.96. The smallest absolute Gasteiger partial charge is 0.410 e. The van der Waals surface area contributed by atoms with Crippen LogP contribution in [-0.2, 0) is 23.3 Å². The summed E-state index contributed by atoms with van der Waals surface area (Å²) >= 11 is 0. The number of ether oxygens (including phenoxy) is 2. The largest absolute Gasteiger partial charge is 0.489 e. The number of fused-ring (bicyclic) bond motifs is 1. The van der Waals surface area contributed by atoms with Crippen LogP contribution in [-0.4, -0.2) is 34.3 Å². The van der Waals surface area contributed by atoms with Crippen molar-refractivity contribution in [1.29, 1.82) is 0 Å². The van der Waals surface area contributed by atoms with E-state index >= 15 is 0 Å². The second-order valence-electron chi connectivity index (χ2n) is 13.4. The zero-order chi connectivity index (χ0) is 29.2. The number of aromatic nitrogens is 1. The van der Waals surface area contributed by atoms with Gasteiger partial charge in [0.05, 0.1) is 5.52 Å². The number of carbonyl (C=O) groups excluding carboxylic acids is 1. The minimum Gasteiger partial charge on any atom is -0.489 e. The molecule has 1 fully saturated rings. The van der Waals surface area contributed by atoms with E-state index in [-0.39, 0.29) is 11.5 Å². The highest BCUT2D eigenvalue weighted by Crippen LogP contribution is 2.37. The van der Waals surface area contributed by atoms with Crippen LogP contribution in [0.3, 0.4) is 0 Å². The number of piperidine rings is 1. The van der Waals surface area contributed by atoms with Crippen LogP contribution in [0, 0.1) is 0 Å². The molecule has 3 aromatic carbocycles. The standard InChI is InChI=1S/C36H44N2O3/c1-35(2,3)29-14-12-26(13-15-29)23-38-24-32(28-18-20-37(21-19-28)34(39)41-36(4,5)6)31-17-16-30(22-33(31)38)40-25-27-10-8-7-9-11-27/h7-17,22,24,28H,18-21,23,25H2,1-6H3. The first-order valence-electron chi connectivity index (χ1n) is 14.8. The molecule has 0 aliphatic carbocycles. The number of hydrogen-bond acceptors (Lipinski definition) is 3.